The zero-order valence-electron chi connectivity index (χ0n) is 8.37. The van der Waals surface area contributed by atoms with Gasteiger partial charge in [-0.15, -0.1) is 5.10 Å². The summed E-state index contributed by atoms with van der Waals surface area (Å²) in [7, 11) is 0. The Bertz CT molecular complexity index is 238. The molecule has 1 heterocycles. The minimum absolute atomic E-state index is 0.620. The number of rotatable bonds is 3. The molecule has 0 unspecified atom stereocenters. The van der Waals surface area contributed by atoms with E-state index in [0.717, 1.165) is 12.5 Å². The number of nitrogens with one attached hydrogen (secondary N) is 2. The van der Waals surface area contributed by atoms with Gasteiger partial charge in [-0.2, -0.15) is 5.21 Å². The van der Waals surface area contributed by atoms with Gasteiger partial charge in [-0.1, -0.05) is 30.8 Å². The third-order valence-electron chi connectivity index (χ3n) is 2.87. The van der Waals surface area contributed by atoms with E-state index in [4.69, 9.17) is 0 Å². The van der Waals surface area contributed by atoms with Crippen molar-refractivity contribution in [2.75, 3.05) is 11.9 Å². The van der Waals surface area contributed by atoms with E-state index in [9.17, 15) is 0 Å². The Morgan fingerprint density at radius 3 is 2.64 bits per heavy atom. The summed E-state index contributed by atoms with van der Waals surface area (Å²) in [6.07, 6.45) is 8.23. The molecule has 2 N–H and O–H groups in total. The van der Waals surface area contributed by atoms with E-state index in [1.807, 2.05) is 0 Å². The summed E-state index contributed by atoms with van der Waals surface area (Å²) in [4.78, 5) is 0. The molecule has 1 saturated carbocycles. The van der Waals surface area contributed by atoms with Crippen molar-refractivity contribution >= 4 is 5.95 Å². The van der Waals surface area contributed by atoms with Crippen LogP contribution in [0.2, 0.25) is 0 Å². The van der Waals surface area contributed by atoms with Crippen molar-refractivity contribution in [3.63, 3.8) is 0 Å². The van der Waals surface area contributed by atoms with Crippen molar-refractivity contribution in [3.05, 3.63) is 0 Å². The summed E-state index contributed by atoms with van der Waals surface area (Å²) in [6.45, 7) is 0.986. The highest BCUT2D eigenvalue weighted by molar-refractivity contribution is 5.18. The van der Waals surface area contributed by atoms with Gasteiger partial charge in [-0.05, 0) is 24.0 Å². The average molecular weight is 195 g/mol. The van der Waals surface area contributed by atoms with Crippen molar-refractivity contribution in [1.29, 1.82) is 0 Å². The highest BCUT2D eigenvalue weighted by Gasteiger charge is 2.12. The highest BCUT2D eigenvalue weighted by atomic mass is 15.5. The molecule has 0 bridgehead atoms. The Labute approximate surface area is 83.7 Å². The van der Waals surface area contributed by atoms with E-state index in [1.54, 1.807) is 0 Å². The second-order valence-electron chi connectivity index (χ2n) is 3.97. The number of anilines is 1. The number of H-pyrrole nitrogens is 1. The predicted molar refractivity (Wildman–Crippen MR) is 53.9 cm³/mol. The molecule has 0 aliphatic heterocycles. The van der Waals surface area contributed by atoms with E-state index >= 15 is 0 Å². The van der Waals surface area contributed by atoms with E-state index in [1.165, 1.54) is 38.5 Å². The van der Waals surface area contributed by atoms with E-state index in [2.05, 4.69) is 25.9 Å². The lowest BCUT2D eigenvalue weighted by Gasteiger charge is -2.13. The van der Waals surface area contributed by atoms with Crippen LogP contribution >= 0.6 is 0 Å². The van der Waals surface area contributed by atoms with E-state index in [0.29, 0.717) is 5.95 Å². The van der Waals surface area contributed by atoms with Crippen molar-refractivity contribution in [3.8, 4) is 0 Å². The van der Waals surface area contributed by atoms with Crippen molar-refractivity contribution < 1.29 is 0 Å². The first kappa shape index (κ1) is 9.43. The molecule has 5 nitrogen and oxygen atoms in total. The summed E-state index contributed by atoms with van der Waals surface area (Å²) >= 11 is 0. The van der Waals surface area contributed by atoms with Gasteiger partial charge in [0, 0.05) is 6.54 Å². The molecule has 1 aliphatic carbocycles. The first-order valence-electron chi connectivity index (χ1n) is 5.42. The van der Waals surface area contributed by atoms with Crippen molar-refractivity contribution in [2.24, 2.45) is 5.92 Å². The van der Waals surface area contributed by atoms with Crippen LogP contribution in [-0.2, 0) is 0 Å². The molecule has 0 saturated heterocycles. The van der Waals surface area contributed by atoms with E-state index in [-0.39, 0.29) is 0 Å². The normalized spacial score (nSPS) is 19.1. The molecule has 1 fully saturated rings. The lowest BCUT2D eigenvalue weighted by atomic mass is 10.0. The Morgan fingerprint density at radius 1 is 1.21 bits per heavy atom. The van der Waals surface area contributed by atoms with Crippen LogP contribution in [0.15, 0.2) is 0 Å². The van der Waals surface area contributed by atoms with Crippen LogP contribution in [0.4, 0.5) is 5.95 Å². The lowest BCUT2D eigenvalue weighted by Crippen LogP contribution is -2.14. The van der Waals surface area contributed by atoms with Crippen molar-refractivity contribution in [2.45, 2.75) is 38.5 Å². The number of hydrogen-bond donors (Lipinski definition) is 2. The monoisotopic (exact) mass is 195 g/mol. The topological polar surface area (TPSA) is 66.5 Å². The van der Waals surface area contributed by atoms with Crippen LogP contribution in [0.5, 0.6) is 0 Å². The maximum atomic E-state index is 3.87. The molecule has 0 atom stereocenters. The molecule has 2 rings (SSSR count). The maximum absolute atomic E-state index is 3.87. The number of aromatic nitrogens is 4. The first-order valence-corrected chi connectivity index (χ1v) is 5.42. The van der Waals surface area contributed by atoms with Gasteiger partial charge in [0.1, 0.15) is 0 Å². The van der Waals surface area contributed by atoms with E-state index < -0.39 is 0 Å². The van der Waals surface area contributed by atoms with Crippen LogP contribution < -0.4 is 5.32 Å². The predicted octanol–water partition coefficient (Wildman–Crippen LogP) is 1.58. The smallest absolute Gasteiger partial charge is 0.263 e. The van der Waals surface area contributed by atoms with Gasteiger partial charge in [0.25, 0.3) is 5.95 Å². The van der Waals surface area contributed by atoms with Gasteiger partial charge >= 0.3 is 0 Å². The summed E-state index contributed by atoms with van der Waals surface area (Å²) in [5, 5.41) is 16.9. The van der Waals surface area contributed by atoms with Gasteiger partial charge in [-0.25, -0.2) is 0 Å². The number of aromatic amines is 1. The van der Waals surface area contributed by atoms with Gasteiger partial charge in [0.05, 0.1) is 0 Å². The third kappa shape index (κ3) is 2.68. The minimum atomic E-state index is 0.620. The highest BCUT2D eigenvalue weighted by Crippen LogP contribution is 2.22. The molecule has 14 heavy (non-hydrogen) atoms. The fraction of sp³-hybridized carbons (Fsp3) is 0.889. The van der Waals surface area contributed by atoms with Crippen LogP contribution in [0.1, 0.15) is 38.5 Å². The number of hydrogen-bond acceptors (Lipinski definition) is 4. The molecule has 1 aliphatic rings. The fourth-order valence-electron chi connectivity index (χ4n) is 2.04. The fourth-order valence-corrected chi connectivity index (χ4v) is 2.04. The minimum Gasteiger partial charge on any atom is -0.351 e. The second-order valence-corrected chi connectivity index (χ2v) is 3.97. The van der Waals surface area contributed by atoms with Gasteiger partial charge < -0.3 is 5.32 Å². The van der Waals surface area contributed by atoms with Crippen LogP contribution in [0.25, 0.3) is 0 Å². The summed E-state index contributed by atoms with van der Waals surface area (Å²) in [5.41, 5.74) is 0. The standard InChI is InChI=1S/C9H17N5/c1-2-4-6-8(5-3-1)7-10-9-11-13-14-12-9/h8H,1-7H2,(H2,10,11,12,13,14). The third-order valence-corrected chi connectivity index (χ3v) is 2.87. The maximum Gasteiger partial charge on any atom is 0.263 e. The Kier molecular flexibility index (Phi) is 3.32. The second kappa shape index (κ2) is 4.93. The number of nitrogens with zero attached hydrogens (tertiary/aromatic N) is 3. The van der Waals surface area contributed by atoms with Crippen LogP contribution in [0.3, 0.4) is 0 Å². The summed E-state index contributed by atoms with van der Waals surface area (Å²) < 4.78 is 0. The lowest BCUT2D eigenvalue weighted by molar-refractivity contribution is 0.482. The molecule has 78 valence electrons. The zero-order valence-corrected chi connectivity index (χ0v) is 8.37. The SMILES string of the molecule is C1CCCC(CNc2nn[nH]n2)CC1. The summed E-state index contributed by atoms with van der Waals surface area (Å²) in [6, 6.07) is 0. The average Bonchev–Trinajstić information content (AvgIpc) is 2.58. The molecule has 0 aromatic carbocycles. The van der Waals surface area contributed by atoms with Gasteiger partial charge in [0.2, 0.25) is 0 Å². The molecule has 0 spiro atoms. The molecular weight excluding hydrogens is 178 g/mol. The number of tetrazole rings is 1. The van der Waals surface area contributed by atoms with Crippen molar-refractivity contribution in [1.82, 2.24) is 20.6 Å². The summed E-state index contributed by atoms with van der Waals surface area (Å²) in [5.74, 6) is 1.41. The molecular formula is C9H17N5. The Hall–Kier alpha value is -1.13. The Morgan fingerprint density at radius 2 is 2.00 bits per heavy atom. The molecule has 1 aromatic heterocycles. The molecule has 0 amide bonds. The Balaban J connectivity index is 1.73. The molecule has 1 aromatic rings. The molecule has 0 radical (unpaired) electrons. The van der Waals surface area contributed by atoms with Crippen LogP contribution in [0, 0.1) is 5.92 Å². The van der Waals surface area contributed by atoms with Gasteiger partial charge in [-0.3, -0.25) is 0 Å². The first-order chi connectivity index (χ1) is 6.95. The molecule has 5 heteroatoms. The largest absolute Gasteiger partial charge is 0.351 e. The quantitative estimate of drug-likeness (QED) is 0.719. The zero-order chi connectivity index (χ0) is 9.64. The van der Waals surface area contributed by atoms with Gasteiger partial charge in [0.15, 0.2) is 0 Å². The van der Waals surface area contributed by atoms with Crippen LogP contribution in [-0.4, -0.2) is 27.2 Å².